The Bertz CT molecular complexity index is 1860. The number of sulfone groups is 1. The number of aromatic nitrogens is 1. The van der Waals surface area contributed by atoms with Gasteiger partial charge in [-0.3, -0.25) is 29.0 Å². The Morgan fingerprint density at radius 2 is 1.34 bits per heavy atom. The number of amides is 4. The summed E-state index contributed by atoms with van der Waals surface area (Å²) in [5.74, 6) is -6.16. The molecule has 0 aliphatic heterocycles. The van der Waals surface area contributed by atoms with Gasteiger partial charge in [0.05, 0.1) is 23.8 Å². The molecule has 16 nitrogen and oxygen atoms in total. The normalized spacial score (nSPS) is 13.6. The van der Waals surface area contributed by atoms with E-state index in [-0.39, 0.29) is 17.9 Å². The van der Waals surface area contributed by atoms with E-state index in [1.165, 1.54) is 30.5 Å². The molecule has 1 aromatic heterocycles. The van der Waals surface area contributed by atoms with Gasteiger partial charge in [0.25, 0.3) is 0 Å². The number of carboxylic acid groups (broad SMARTS) is 2. The van der Waals surface area contributed by atoms with Crippen LogP contribution in [0.15, 0.2) is 101 Å². The summed E-state index contributed by atoms with van der Waals surface area (Å²) in [6.07, 6.45) is -0.376. The van der Waals surface area contributed by atoms with Crippen LogP contribution in [-0.4, -0.2) is 83.5 Å². The molecule has 2 aromatic carbocycles. The number of pyridine rings is 1. The van der Waals surface area contributed by atoms with E-state index < -0.39 is 88.5 Å². The van der Waals surface area contributed by atoms with Crippen molar-refractivity contribution in [2.75, 3.05) is 0 Å². The fourth-order valence-corrected chi connectivity index (χ4v) is 5.89. The molecular weight excluding hydrogens is 710 g/mol. The molecule has 3 aromatic rings. The summed E-state index contributed by atoms with van der Waals surface area (Å²) >= 11 is 0. The zero-order valence-electron chi connectivity index (χ0n) is 28.9. The van der Waals surface area contributed by atoms with Crippen molar-refractivity contribution < 1.29 is 52.1 Å². The second kappa shape index (κ2) is 20.1. The van der Waals surface area contributed by atoms with Crippen LogP contribution in [0.2, 0.25) is 0 Å². The SMILES string of the molecule is CC(C)[C@H](NC(=O)[C@H](Cc1ccccn1)NC(=O)[C@H](CC(=O)O)NC(=O)OCc1ccccc1)C(=O)NC(/C=C/S(=O)(=O)c1ccccc1)CC(=O)O. The number of aliphatic carboxylic acids is 2. The maximum Gasteiger partial charge on any atom is 0.408 e. The average molecular weight is 752 g/mol. The van der Waals surface area contributed by atoms with Gasteiger partial charge in [0.1, 0.15) is 24.7 Å². The number of nitrogens with one attached hydrogen (secondary N) is 4. The van der Waals surface area contributed by atoms with Gasteiger partial charge in [-0.25, -0.2) is 13.2 Å². The first-order valence-corrected chi connectivity index (χ1v) is 17.9. The minimum atomic E-state index is -3.99. The van der Waals surface area contributed by atoms with Gasteiger partial charge in [-0.1, -0.05) is 68.4 Å². The molecule has 0 aliphatic carbocycles. The van der Waals surface area contributed by atoms with Crippen LogP contribution >= 0.6 is 0 Å². The molecule has 0 fully saturated rings. The van der Waals surface area contributed by atoms with E-state index in [0.29, 0.717) is 11.3 Å². The molecule has 0 saturated heterocycles. The fourth-order valence-electron chi connectivity index (χ4n) is 4.80. The number of carboxylic acids is 2. The van der Waals surface area contributed by atoms with E-state index in [1.807, 2.05) is 0 Å². The van der Waals surface area contributed by atoms with Crippen LogP contribution in [0.25, 0.3) is 0 Å². The van der Waals surface area contributed by atoms with E-state index in [2.05, 4.69) is 26.3 Å². The number of carbonyl (C=O) groups is 6. The summed E-state index contributed by atoms with van der Waals surface area (Å²) in [6, 6.07) is 15.0. The highest BCUT2D eigenvalue weighted by atomic mass is 32.2. The van der Waals surface area contributed by atoms with Crippen LogP contribution in [0.4, 0.5) is 4.79 Å². The first-order chi connectivity index (χ1) is 25.1. The van der Waals surface area contributed by atoms with Crippen molar-refractivity contribution in [2.45, 2.75) is 68.8 Å². The lowest BCUT2D eigenvalue weighted by Crippen LogP contribution is -2.59. The molecule has 0 bridgehead atoms. The van der Waals surface area contributed by atoms with E-state index in [0.717, 1.165) is 11.5 Å². The lowest BCUT2D eigenvalue weighted by atomic mass is 10.0. The van der Waals surface area contributed by atoms with Crippen LogP contribution in [-0.2, 0) is 51.6 Å². The zero-order chi connectivity index (χ0) is 39.0. The molecule has 3 rings (SSSR count). The Morgan fingerprint density at radius 3 is 1.92 bits per heavy atom. The van der Waals surface area contributed by atoms with E-state index in [9.17, 15) is 47.4 Å². The Kier molecular flexibility index (Phi) is 15.6. The molecule has 1 heterocycles. The second-order valence-electron chi connectivity index (χ2n) is 12.1. The number of carbonyl (C=O) groups excluding carboxylic acids is 4. The average Bonchev–Trinajstić information content (AvgIpc) is 3.12. The molecule has 0 radical (unpaired) electrons. The summed E-state index contributed by atoms with van der Waals surface area (Å²) in [4.78, 5) is 80.6. The van der Waals surface area contributed by atoms with Gasteiger partial charge in [-0.2, -0.15) is 0 Å². The fraction of sp³-hybridized carbons (Fsp3) is 0.306. The first-order valence-electron chi connectivity index (χ1n) is 16.3. The number of benzene rings is 2. The summed E-state index contributed by atoms with van der Waals surface area (Å²) in [5, 5.41) is 29.4. The highest BCUT2D eigenvalue weighted by molar-refractivity contribution is 7.94. The molecule has 0 spiro atoms. The maximum absolute atomic E-state index is 13.8. The third-order valence-corrected chi connectivity index (χ3v) is 8.95. The number of rotatable bonds is 19. The van der Waals surface area contributed by atoms with E-state index in [4.69, 9.17) is 4.74 Å². The zero-order valence-corrected chi connectivity index (χ0v) is 29.7. The summed E-state index contributed by atoms with van der Waals surface area (Å²) < 4.78 is 30.6. The van der Waals surface area contributed by atoms with Crippen LogP contribution in [0.3, 0.4) is 0 Å². The number of hydrogen-bond donors (Lipinski definition) is 6. The van der Waals surface area contributed by atoms with Gasteiger partial charge in [0.15, 0.2) is 9.84 Å². The highest BCUT2D eigenvalue weighted by Gasteiger charge is 2.33. The predicted octanol–water partition coefficient (Wildman–Crippen LogP) is 1.97. The van der Waals surface area contributed by atoms with Crippen molar-refractivity contribution in [2.24, 2.45) is 5.92 Å². The van der Waals surface area contributed by atoms with Crippen molar-refractivity contribution in [3.63, 3.8) is 0 Å². The lowest BCUT2D eigenvalue weighted by Gasteiger charge is -2.27. The van der Waals surface area contributed by atoms with E-state index >= 15 is 0 Å². The minimum Gasteiger partial charge on any atom is -0.481 e. The van der Waals surface area contributed by atoms with Crippen LogP contribution in [0.1, 0.15) is 37.9 Å². The third kappa shape index (κ3) is 14.2. The molecule has 6 N–H and O–H groups in total. The van der Waals surface area contributed by atoms with E-state index in [1.54, 1.807) is 68.4 Å². The van der Waals surface area contributed by atoms with Gasteiger partial charge in [0, 0.05) is 23.7 Å². The molecule has 17 heteroatoms. The van der Waals surface area contributed by atoms with Crippen LogP contribution in [0.5, 0.6) is 0 Å². The van der Waals surface area contributed by atoms with Crippen molar-refractivity contribution in [3.05, 3.63) is 108 Å². The topological polar surface area (TPSA) is 247 Å². The molecule has 0 saturated carbocycles. The molecule has 4 amide bonds. The quantitative estimate of drug-likeness (QED) is 0.103. The number of alkyl carbamates (subject to hydrolysis) is 1. The molecule has 4 atom stereocenters. The Morgan fingerprint density at radius 1 is 0.736 bits per heavy atom. The van der Waals surface area contributed by atoms with Gasteiger partial charge < -0.3 is 36.2 Å². The largest absolute Gasteiger partial charge is 0.481 e. The Balaban J connectivity index is 1.80. The van der Waals surface area contributed by atoms with Gasteiger partial charge in [-0.15, -0.1) is 0 Å². The molecule has 1 unspecified atom stereocenters. The van der Waals surface area contributed by atoms with Crippen molar-refractivity contribution >= 4 is 45.6 Å². The van der Waals surface area contributed by atoms with Crippen LogP contribution < -0.4 is 21.3 Å². The number of hydrogen-bond acceptors (Lipinski definition) is 10. The smallest absolute Gasteiger partial charge is 0.408 e. The van der Waals surface area contributed by atoms with Crippen molar-refractivity contribution in [1.29, 1.82) is 0 Å². The lowest BCUT2D eigenvalue weighted by molar-refractivity contribution is -0.140. The maximum atomic E-state index is 13.8. The molecule has 0 aliphatic rings. The Labute approximate surface area is 306 Å². The monoisotopic (exact) mass is 751 g/mol. The van der Waals surface area contributed by atoms with Crippen molar-refractivity contribution in [3.8, 4) is 0 Å². The Hall–Kier alpha value is -6.10. The second-order valence-corrected chi connectivity index (χ2v) is 13.9. The summed E-state index contributed by atoms with van der Waals surface area (Å²) in [6.45, 7) is 3.02. The predicted molar refractivity (Wildman–Crippen MR) is 189 cm³/mol. The molecule has 282 valence electrons. The summed E-state index contributed by atoms with van der Waals surface area (Å²) in [7, 11) is -3.99. The highest BCUT2D eigenvalue weighted by Crippen LogP contribution is 2.13. The standard InChI is InChI=1S/C36H41N5O11S/c1-23(2)32(35(48)38-26(20-30(42)43)16-18-53(50,51)27-14-7-4-8-15-27)41-34(47)28(19-25-13-9-10-17-37-25)39-33(46)29(21-31(44)45)40-36(49)52-22-24-11-5-3-6-12-24/h3-18,23,26,28-29,32H,19-22H2,1-2H3,(H,38,48)(H,39,46)(H,40,49)(H,41,47)(H,42,43)(H,44,45)/b18-16+/t26?,28-,29-,32-/m0/s1. The van der Waals surface area contributed by atoms with Crippen molar-refractivity contribution in [1.82, 2.24) is 26.3 Å². The van der Waals surface area contributed by atoms with Crippen LogP contribution in [0, 0.1) is 5.92 Å². The summed E-state index contributed by atoms with van der Waals surface area (Å²) in [5.41, 5.74) is 0.982. The number of ether oxygens (including phenoxy) is 1. The van der Waals surface area contributed by atoms with Gasteiger partial charge in [0.2, 0.25) is 17.7 Å². The third-order valence-electron chi connectivity index (χ3n) is 7.50. The molecular formula is C36H41N5O11S. The van der Waals surface area contributed by atoms with Gasteiger partial charge in [-0.05, 0) is 41.8 Å². The minimum absolute atomic E-state index is 0.0464. The molecule has 53 heavy (non-hydrogen) atoms. The van der Waals surface area contributed by atoms with Gasteiger partial charge >= 0.3 is 18.0 Å². The first kappa shape index (κ1) is 41.3. The number of nitrogens with zero attached hydrogens (tertiary/aromatic N) is 1.